The zero-order chi connectivity index (χ0) is 23.5. The fraction of sp³-hybridized carbons (Fsp3) is 0.462. The summed E-state index contributed by atoms with van der Waals surface area (Å²) in [5.41, 5.74) is 1.62. The lowest BCUT2D eigenvalue weighted by atomic mass is 9.74. The Morgan fingerprint density at radius 1 is 1.09 bits per heavy atom. The lowest BCUT2D eigenvalue weighted by Crippen LogP contribution is -2.48. The van der Waals surface area contributed by atoms with Crippen LogP contribution in [0.4, 0.5) is 8.78 Å². The summed E-state index contributed by atoms with van der Waals surface area (Å²) < 4.78 is 26.8. The third kappa shape index (κ3) is 5.87. The van der Waals surface area contributed by atoms with E-state index in [2.05, 4.69) is 38.2 Å². The van der Waals surface area contributed by atoms with E-state index in [-0.39, 0.29) is 29.7 Å². The molecule has 3 rings (SSSR count). The number of Topliss-reactive ketones (excluding diaryl/α,β-unsaturated/α-hetero) is 2. The maximum absolute atomic E-state index is 13.4. The van der Waals surface area contributed by atoms with Crippen LogP contribution in [0.25, 0.3) is 0 Å². The molecule has 0 amide bonds. The zero-order valence-electron chi connectivity index (χ0n) is 18.9. The van der Waals surface area contributed by atoms with Crippen molar-refractivity contribution in [1.82, 2.24) is 5.32 Å². The first-order chi connectivity index (χ1) is 15.0. The molecule has 1 saturated carbocycles. The van der Waals surface area contributed by atoms with E-state index in [9.17, 15) is 23.5 Å². The highest BCUT2D eigenvalue weighted by molar-refractivity contribution is 5.96. The molecule has 32 heavy (non-hydrogen) atoms. The molecular formula is C26H31F2NO3. The van der Waals surface area contributed by atoms with Gasteiger partial charge in [0.2, 0.25) is 0 Å². The van der Waals surface area contributed by atoms with Crippen molar-refractivity contribution in [2.24, 2.45) is 0 Å². The molecule has 1 aliphatic rings. The second-order valence-electron chi connectivity index (χ2n) is 9.77. The van der Waals surface area contributed by atoms with Crippen LogP contribution in [-0.2, 0) is 15.7 Å². The summed E-state index contributed by atoms with van der Waals surface area (Å²) in [6.45, 7) is 6.54. The van der Waals surface area contributed by atoms with Gasteiger partial charge in [-0.1, -0.05) is 45.0 Å². The summed E-state index contributed by atoms with van der Waals surface area (Å²) in [4.78, 5) is 24.3. The van der Waals surface area contributed by atoms with E-state index in [1.165, 1.54) is 5.56 Å². The normalized spacial score (nSPS) is 17.2. The molecule has 172 valence electrons. The third-order valence-corrected chi connectivity index (χ3v) is 6.22. The molecule has 0 bridgehead atoms. The van der Waals surface area contributed by atoms with E-state index in [4.69, 9.17) is 0 Å². The number of carbonyl (C=O) groups excluding carboxylic acids is 2. The Hall–Kier alpha value is -2.44. The molecule has 6 heteroatoms. The first kappa shape index (κ1) is 24.2. The largest absolute Gasteiger partial charge is 0.391 e. The average molecular weight is 444 g/mol. The van der Waals surface area contributed by atoms with Gasteiger partial charge in [0.25, 0.3) is 0 Å². The van der Waals surface area contributed by atoms with Crippen LogP contribution in [0.2, 0.25) is 0 Å². The van der Waals surface area contributed by atoms with Gasteiger partial charge in [-0.25, -0.2) is 8.78 Å². The molecule has 4 nitrogen and oxygen atoms in total. The number of aliphatic hydroxyl groups is 1. The molecule has 0 heterocycles. The van der Waals surface area contributed by atoms with Crippen molar-refractivity contribution >= 4 is 11.6 Å². The Morgan fingerprint density at radius 2 is 1.72 bits per heavy atom. The molecular weight excluding hydrogens is 412 g/mol. The van der Waals surface area contributed by atoms with E-state index in [0.29, 0.717) is 31.7 Å². The topological polar surface area (TPSA) is 66.4 Å². The van der Waals surface area contributed by atoms with Gasteiger partial charge >= 0.3 is 0 Å². The predicted molar refractivity (Wildman–Crippen MR) is 120 cm³/mol. The van der Waals surface area contributed by atoms with Crippen LogP contribution in [0.3, 0.4) is 0 Å². The second-order valence-corrected chi connectivity index (χ2v) is 9.77. The van der Waals surface area contributed by atoms with Crippen molar-refractivity contribution < 1.29 is 23.5 Å². The molecule has 0 radical (unpaired) electrons. The highest BCUT2D eigenvalue weighted by Crippen LogP contribution is 2.37. The number of ketones is 2. The van der Waals surface area contributed by atoms with Crippen LogP contribution in [0.15, 0.2) is 42.5 Å². The number of rotatable bonds is 7. The van der Waals surface area contributed by atoms with Gasteiger partial charge < -0.3 is 10.4 Å². The Kier molecular flexibility index (Phi) is 7.25. The van der Waals surface area contributed by atoms with E-state index >= 15 is 0 Å². The first-order valence-electron chi connectivity index (χ1n) is 11.0. The van der Waals surface area contributed by atoms with E-state index < -0.39 is 29.1 Å². The van der Waals surface area contributed by atoms with Crippen molar-refractivity contribution in [3.63, 3.8) is 0 Å². The molecule has 1 unspecified atom stereocenters. The van der Waals surface area contributed by atoms with Gasteiger partial charge in [0.1, 0.15) is 17.4 Å². The number of hydrogen-bond donors (Lipinski definition) is 2. The number of benzene rings is 2. The SMILES string of the molecule is CC(C)(C)c1cccc(C2(NCC(O)CC(=O)c3cc(F)cc(F)c3)CCC(=O)CC2)c1. The molecule has 1 fully saturated rings. The maximum atomic E-state index is 13.4. The summed E-state index contributed by atoms with van der Waals surface area (Å²) >= 11 is 0. The van der Waals surface area contributed by atoms with Gasteiger partial charge in [0, 0.05) is 43.0 Å². The molecule has 0 saturated heterocycles. The first-order valence-corrected chi connectivity index (χ1v) is 11.0. The number of aliphatic hydroxyl groups excluding tert-OH is 1. The Balaban J connectivity index is 1.75. The average Bonchev–Trinajstić information content (AvgIpc) is 2.72. The van der Waals surface area contributed by atoms with Crippen LogP contribution >= 0.6 is 0 Å². The lowest BCUT2D eigenvalue weighted by molar-refractivity contribution is -0.121. The minimum absolute atomic E-state index is 0.0339. The Morgan fingerprint density at radius 3 is 2.31 bits per heavy atom. The van der Waals surface area contributed by atoms with E-state index in [1.54, 1.807) is 0 Å². The summed E-state index contributed by atoms with van der Waals surface area (Å²) in [7, 11) is 0. The standard InChI is InChI=1S/C26H31F2NO3/c1-25(2,3)18-5-4-6-19(13-18)26(9-7-22(30)8-10-26)29-16-23(31)15-24(32)17-11-20(27)14-21(28)12-17/h4-6,11-14,23,29,31H,7-10,15-16H2,1-3H3. The summed E-state index contributed by atoms with van der Waals surface area (Å²) in [6, 6.07) is 10.9. The third-order valence-electron chi connectivity index (χ3n) is 6.22. The van der Waals surface area contributed by atoms with Gasteiger partial charge in [0.05, 0.1) is 6.10 Å². The fourth-order valence-corrected chi connectivity index (χ4v) is 4.24. The van der Waals surface area contributed by atoms with Crippen LogP contribution in [-0.4, -0.2) is 29.3 Å². The molecule has 1 atom stereocenters. The van der Waals surface area contributed by atoms with Crippen molar-refractivity contribution in [2.45, 2.75) is 69.9 Å². The van der Waals surface area contributed by atoms with E-state index in [1.807, 2.05) is 12.1 Å². The highest BCUT2D eigenvalue weighted by Gasteiger charge is 2.37. The van der Waals surface area contributed by atoms with Crippen molar-refractivity contribution in [3.05, 3.63) is 70.8 Å². The zero-order valence-corrected chi connectivity index (χ0v) is 18.9. The van der Waals surface area contributed by atoms with Gasteiger partial charge in [0.15, 0.2) is 5.78 Å². The van der Waals surface area contributed by atoms with Crippen LogP contribution in [0.5, 0.6) is 0 Å². The molecule has 2 aromatic rings. The maximum Gasteiger partial charge on any atom is 0.165 e. The fourth-order valence-electron chi connectivity index (χ4n) is 4.24. The summed E-state index contributed by atoms with van der Waals surface area (Å²) in [6.07, 6.45) is 0.820. The van der Waals surface area contributed by atoms with Crippen molar-refractivity contribution in [1.29, 1.82) is 0 Å². The number of halogens is 2. The number of hydrogen-bond acceptors (Lipinski definition) is 4. The molecule has 2 aromatic carbocycles. The quantitative estimate of drug-likeness (QED) is 0.602. The summed E-state index contributed by atoms with van der Waals surface area (Å²) in [5, 5.41) is 13.9. The minimum atomic E-state index is -1.03. The monoisotopic (exact) mass is 443 g/mol. The van der Waals surface area contributed by atoms with Crippen molar-refractivity contribution in [3.8, 4) is 0 Å². The van der Waals surface area contributed by atoms with Crippen LogP contribution in [0.1, 0.15) is 74.4 Å². The minimum Gasteiger partial charge on any atom is -0.391 e. The highest BCUT2D eigenvalue weighted by atomic mass is 19.1. The smallest absolute Gasteiger partial charge is 0.165 e. The van der Waals surface area contributed by atoms with Crippen molar-refractivity contribution in [2.75, 3.05) is 6.54 Å². The van der Waals surface area contributed by atoms with E-state index in [0.717, 1.165) is 17.7 Å². The second kappa shape index (κ2) is 9.59. The molecule has 1 aliphatic carbocycles. The van der Waals surface area contributed by atoms with Crippen LogP contribution < -0.4 is 5.32 Å². The van der Waals surface area contributed by atoms with Gasteiger partial charge in [-0.2, -0.15) is 0 Å². The molecule has 0 aliphatic heterocycles. The van der Waals surface area contributed by atoms with Gasteiger partial charge in [-0.15, -0.1) is 0 Å². The number of carbonyl (C=O) groups is 2. The summed E-state index contributed by atoms with van der Waals surface area (Å²) in [5.74, 6) is -1.96. The predicted octanol–water partition coefficient (Wildman–Crippen LogP) is 4.82. The van der Waals surface area contributed by atoms with Gasteiger partial charge in [-0.05, 0) is 41.5 Å². The number of nitrogens with one attached hydrogen (secondary N) is 1. The van der Waals surface area contributed by atoms with Gasteiger partial charge in [-0.3, -0.25) is 9.59 Å². The Labute approximate surface area is 188 Å². The molecule has 0 aromatic heterocycles. The van der Waals surface area contributed by atoms with Crippen LogP contribution in [0, 0.1) is 11.6 Å². The molecule has 0 spiro atoms. The Bertz CT molecular complexity index is 967. The molecule has 2 N–H and O–H groups in total. The lowest BCUT2D eigenvalue weighted by Gasteiger charge is -2.40.